The summed E-state index contributed by atoms with van der Waals surface area (Å²) in [6.45, 7) is 0. The largest absolute Gasteiger partial charge is 0.497 e. The molecule has 6 nitrogen and oxygen atoms in total. The monoisotopic (exact) mass is 364 g/mol. The van der Waals surface area contributed by atoms with Crippen LogP contribution in [0.2, 0.25) is 0 Å². The van der Waals surface area contributed by atoms with Crippen LogP contribution in [0.5, 0.6) is 5.75 Å². The lowest BCUT2D eigenvalue weighted by molar-refractivity contribution is -0.131. The van der Waals surface area contributed by atoms with Crippen LogP contribution in [0.1, 0.15) is 6.42 Å². The summed E-state index contributed by atoms with van der Waals surface area (Å²) >= 11 is 0. The van der Waals surface area contributed by atoms with Crippen LogP contribution in [0, 0.1) is 0 Å². The van der Waals surface area contributed by atoms with Crippen LogP contribution in [-0.4, -0.2) is 29.6 Å². The zero-order valence-corrected chi connectivity index (χ0v) is 14.8. The first-order valence-corrected chi connectivity index (χ1v) is 8.39. The second-order valence-electron chi connectivity index (χ2n) is 6.25. The van der Waals surface area contributed by atoms with E-state index in [2.05, 4.69) is 5.32 Å². The van der Waals surface area contributed by atoms with E-state index in [4.69, 9.17) is 10.5 Å². The number of anilines is 1. The van der Waals surface area contributed by atoms with Gasteiger partial charge in [-0.2, -0.15) is 0 Å². The number of amides is 2. The van der Waals surface area contributed by atoms with Gasteiger partial charge in [0, 0.05) is 17.7 Å². The van der Waals surface area contributed by atoms with Crippen molar-refractivity contribution in [3.63, 3.8) is 0 Å². The number of rotatable bonds is 5. The van der Waals surface area contributed by atoms with Crippen molar-refractivity contribution >= 4 is 17.5 Å². The second-order valence-corrected chi connectivity index (χ2v) is 6.25. The lowest BCUT2D eigenvalue weighted by atomic mass is 9.91. The predicted molar refractivity (Wildman–Crippen MR) is 103 cm³/mol. The molecule has 2 aromatic carbocycles. The summed E-state index contributed by atoms with van der Waals surface area (Å²) in [5.74, 6) is -0.397. The Balaban J connectivity index is 1.68. The van der Waals surface area contributed by atoms with Crippen LogP contribution in [0.15, 0.2) is 72.3 Å². The molecule has 2 aromatic rings. The molecule has 0 saturated carbocycles. The minimum absolute atomic E-state index is 0.0314. The van der Waals surface area contributed by atoms with Gasteiger partial charge in [0.2, 0.25) is 0 Å². The smallest absolute Gasteiger partial charge is 0.255 e. The summed E-state index contributed by atoms with van der Waals surface area (Å²) < 4.78 is 5.23. The Morgan fingerprint density at radius 1 is 1.15 bits per heavy atom. The first-order valence-electron chi connectivity index (χ1n) is 8.39. The van der Waals surface area contributed by atoms with Crippen LogP contribution >= 0.6 is 0 Å². The number of aliphatic hydroxyl groups is 1. The fraction of sp³-hybridized carbons (Fsp3) is 0.143. The number of methoxy groups -OCH3 is 1. The van der Waals surface area contributed by atoms with Gasteiger partial charge in [0.1, 0.15) is 5.75 Å². The van der Waals surface area contributed by atoms with Gasteiger partial charge in [-0.15, -0.1) is 0 Å². The van der Waals surface area contributed by atoms with E-state index in [-0.39, 0.29) is 12.3 Å². The number of hydrogen-bond donors (Lipinski definition) is 3. The summed E-state index contributed by atoms with van der Waals surface area (Å²) in [6.07, 6.45) is 4.10. The molecule has 0 spiro atoms. The summed E-state index contributed by atoms with van der Waals surface area (Å²) in [4.78, 5) is 23.6. The SMILES string of the molecule is COc1cccc(-c2ccc(NC(=O)C3=CCC(O)(C(N)=O)C=C3)cc2)c1. The molecule has 1 aliphatic rings. The maximum absolute atomic E-state index is 12.3. The maximum atomic E-state index is 12.3. The summed E-state index contributed by atoms with van der Waals surface area (Å²) in [5.41, 5.74) is 6.42. The molecule has 1 unspecified atom stereocenters. The molecule has 0 heterocycles. The summed E-state index contributed by atoms with van der Waals surface area (Å²) in [6, 6.07) is 15.1. The van der Waals surface area contributed by atoms with Crippen molar-refractivity contribution < 1.29 is 19.4 Å². The Hall–Kier alpha value is -3.38. The Kier molecular flexibility index (Phi) is 5.09. The van der Waals surface area contributed by atoms with Gasteiger partial charge < -0.3 is 20.9 Å². The van der Waals surface area contributed by atoms with Gasteiger partial charge in [-0.3, -0.25) is 9.59 Å². The molecule has 0 bridgehead atoms. The number of carbonyl (C=O) groups is 2. The van der Waals surface area contributed by atoms with Crippen LogP contribution < -0.4 is 15.8 Å². The van der Waals surface area contributed by atoms with Crippen LogP contribution in [0.3, 0.4) is 0 Å². The average Bonchev–Trinajstić information content (AvgIpc) is 2.69. The minimum Gasteiger partial charge on any atom is -0.497 e. The molecule has 0 fully saturated rings. The van der Waals surface area contributed by atoms with E-state index in [0.29, 0.717) is 11.3 Å². The molecule has 0 aliphatic heterocycles. The molecule has 6 heteroatoms. The number of nitrogens with two attached hydrogens (primary N) is 1. The topological polar surface area (TPSA) is 102 Å². The molecule has 4 N–H and O–H groups in total. The van der Waals surface area contributed by atoms with Gasteiger partial charge >= 0.3 is 0 Å². The summed E-state index contributed by atoms with van der Waals surface area (Å²) in [7, 11) is 1.62. The van der Waals surface area contributed by atoms with Gasteiger partial charge in [-0.05, 0) is 41.5 Å². The van der Waals surface area contributed by atoms with E-state index >= 15 is 0 Å². The number of hydrogen-bond acceptors (Lipinski definition) is 4. The molecule has 0 aromatic heterocycles. The van der Waals surface area contributed by atoms with E-state index in [0.717, 1.165) is 16.9 Å². The zero-order valence-electron chi connectivity index (χ0n) is 14.8. The molecular weight excluding hydrogens is 344 g/mol. The van der Waals surface area contributed by atoms with E-state index in [9.17, 15) is 14.7 Å². The molecule has 0 saturated heterocycles. The summed E-state index contributed by atoms with van der Waals surface area (Å²) in [5, 5.41) is 12.8. The highest BCUT2D eigenvalue weighted by Crippen LogP contribution is 2.26. The fourth-order valence-corrected chi connectivity index (χ4v) is 2.73. The normalized spacial score (nSPS) is 18.5. The molecule has 27 heavy (non-hydrogen) atoms. The average molecular weight is 364 g/mol. The molecule has 2 amide bonds. The molecule has 1 aliphatic carbocycles. The highest BCUT2D eigenvalue weighted by molar-refractivity contribution is 6.06. The molecular formula is C21H20N2O4. The van der Waals surface area contributed by atoms with Crippen molar-refractivity contribution in [2.24, 2.45) is 5.73 Å². The van der Waals surface area contributed by atoms with Gasteiger partial charge in [-0.25, -0.2) is 0 Å². The lowest BCUT2D eigenvalue weighted by Crippen LogP contribution is -2.42. The van der Waals surface area contributed by atoms with Crippen LogP contribution in [0.25, 0.3) is 11.1 Å². The standard InChI is InChI=1S/C21H20N2O4/c1-27-18-4-2-3-16(13-18)14-5-7-17(8-6-14)23-19(24)15-9-11-21(26,12-10-15)20(22)25/h2-11,13,26H,12H2,1H3,(H2,22,25)(H,23,24). The number of benzene rings is 2. The first kappa shape index (κ1) is 18.4. The predicted octanol–water partition coefficient (Wildman–Crippen LogP) is 2.40. The Morgan fingerprint density at radius 2 is 1.89 bits per heavy atom. The van der Waals surface area contributed by atoms with Crippen molar-refractivity contribution in [3.05, 3.63) is 72.3 Å². The van der Waals surface area contributed by atoms with E-state index in [1.807, 2.05) is 36.4 Å². The van der Waals surface area contributed by atoms with Crippen molar-refractivity contribution in [2.45, 2.75) is 12.0 Å². The van der Waals surface area contributed by atoms with Crippen molar-refractivity contribution in [3.8, 4) is 16.9 Å². The number of primary amides is 1. The van der Waals surface area contributed by atoms with E-state index in [1.54, 1.807) is 19.2 Å². The van der Waals surface area contributed by atoms with Crippen molar-refractivity contribution in [2.75, 3.05) is 12.4 Å². The van der Waals surface area contributed by atoms with E-state index < -0.39 is 11.5 Å². The number of ether oxygens (including phenoxy) is 1. The Morgan fingerprint density at radius 3 is 2.48 bits per heavy atom. The van der Waals surface area contributed by atoms with Crippen molar-refractivity contribution in [1.82, 2.24) is 0 Å². The first-order chi connectivity index (χ1) is 12.9. The van der Waals surface area contributed by atoms with Gasteiger partial charge in [0.05, 0.1) is 7.11 Å². The molecule has 0 radical (unpaired) electrons. The number of carbonyl (C=O) groups excluding carboxylic acids is 2. The fourth-order valence-electron chi connectivity index (χ4n) is 2.73. The number of nitrogens with one attached hydrogen (secondary N) is 1. The maximum Gasteiger partial charge on any atom is 0.255 e. The third-order valence-corrected chi connectivity index (χ3v) is 4.41. The van der Waals surface area contributed by atoms with Gasteiger partial charge in [-0.1, -0.05) is 36.4 Å². The lowest BCUT2D eigenvalue weighted by Gasteiger charge is -2.22. The van der Waals surface area contributed by atoms with E-state index in [1.165, 1.54) is 18.2 Å². The molecule has 3 rings (SSSR count). The van der Waals surface area contributed by atoms with Crippen LogP contribution in [-0.2, 0) is 9.59 Å². The second kappa shape index (κ2) is 7.47. The third-order valence-electron chi connectivity index (χ3n) is 4.41. The Bertz CT molecular complexity index is 931. The van der Waals surface area contributed by atoms with Crippen LogP contribution in [0.4, 0.5) is 5.69 Å². The zero-order chi connectivity index (χ0) is 19.4. The van der Waals surface area contributed by atoms with Gasteiger partial charge in [0.15, 0.2) is 5.60 Å². The highest BCUT2D eigenvalue weighted by Gasteiger charge is 2.32. The quantitative estimate of drug-likeness (QED) is 0.758. The van der Waals surface area contributed by atoms with Crippen molar-refractivity contribution in [1.29, 1.82) is 0 Å². The molecule has 1 atom stereocenters. The minimum atomic E-state index is -1.73. The highest BCUT2D eigenvalue weighted by atomic mass is 16.5. The third kappa shape index (κ3) is 4.07. The Labute approximate surface area is 157 Å². The molecule has 138 valence electrons. The van der Waals surface area contributed by atoms with Gasteiger partial charge in [0.25, 0.3) is 11.8 Å².